The number of rotatable bonds is 3. The van der Waals surface area contributed by atoms with Gasteiger partial charge in [-0.1, -0.05) is 12.1 Å². The fourth-order valence-corrected chi connectivity index (χ4v) is 1.53. The molecule has 0 saturated carbocycles. The first-order valence-electron chi connectivity index (χ1n) is 4.97. The molecular weight excluding hydrogens is 222 g/mol. The highest BCUT2D eigenvalue weighted by Gasteiger charge is 2.16. The molecule has 0 radical (unpaired) electrons. The molecule has 0 saturated heterocycles. The summed E-state index contributed by atoms with van der Waals surface area (Å²) in [4.78, 5) is 14.7. The second-order valence-corrected chi connectivity index (χ2v) is 3.46. The number of carboxylic acids is 1. The smallest absolute Gasteiger partial charge is 0.392 e. The van der Waals surface area contributed by atoms with Crippen LogP contribution in [0.15, 0.2) is 28.7 Å². The summed E-state index contributed by atoms with van der Waals surface area (Å²) >= 11 is 0. The number of methoxy groups -OCH3 is 1. The van der Waals surface area contributed by atoms with E-state index in [0.717, 1.165) is 5.56 Å². The van der Waals surface area contributed by atoms with Gasteiger partial charge in [-0.05, 0) is 19.1 Å². The van der Waals surface area contributed by atoms with E-state index in [1.54, 1.807) is 26.2 Å². The number of carbonyl (C=O) groups is 1. The van der Waals surface area contributed by atoms with Crippen molar-refractivity contribution in [3.8, 4) is 17.0 Å². The normalized spacial score (nSPS) is 10.2. The summed E-state index contributed by atoms with van der Waals surface area (Å²) in [5.41, 5.74) is 1.28. The van der Waals surface area contributed by atoms with E-state index in [0.29, 0.717) is 17.2 Å². The zero-order valence-corrected chi connectivity index (χ0v) is 9.43. The van der Waals surface area contributed by atoms with Crippen LogP contribution in [0.4, 0.5) is 0 Å². The summed E-state index contributed by atoms with van der Waals surface area (Å²) in [6, 6.07) is 7.20. The number of aromatic carboxylic acids is 1. The lowest BCUT2D eigenvalue weighted by Gasteiger charge is -2.01. The molecule has 0 amide bonds. The number of aryl methyl sites for hydroxylation is 1. The molecule has 5 nitrogen and oxygen atoms in total. The van der Waals surface area contributed by atoms with Gasteiger partial charge in [0.25, 0.3) is 0 Å². The molecule has 2 rings (SSSR count). The minimum Gasteiger partial charge on any atom is -0.497 e. The molecule has 0 aliphatic carbocycles. The molecular formula is C12H11NO4. The van der Waals surface area contributed by atoms with Crippen LogP contribution < -0.4 is 4.74 Å². The number of nitrogens with zero attached hydrogens (tertiary/aromatic N) is 1. The number of hydrogen-bond acceptors (Lipinski definition) is 4. The summed E-state index contributed by atoms with van der Waals surface area (Å²) in [5.74, 6) is -0.333. The van der Waals surface area contributed by atoms with E-state index in [9.17, 15) is 4.79 Å². The van der Waals surface area contributed by atoms with E-state index in [4.69, 9.17) is 14.3 Å². The lowest BCUT2D eigenvalue weighted by atomic mass is 10.1. The van der Waals surface area contributed by atoms with Crippen LogP contribution in [0.2, 0.25) is 0 Å². The quantitative estimate of drug-likeness (QED) is 0.880. The van der Waals surface area contributed by atoms with Gasteiger partial charge in [0.15, 0.2) is 0 Å². The van der Waals surface area contributed by atoms with Crippen LogP contribution >= 0.6 is 0 Å². The summed E-state index contributed by atoms with van der Waals surface area (Å²) in [6.45, 7) is 1.67. The number of hydrogen-bond donors (Lipinski definition) is 1. The van der Waals surface area contributed by atoms with Crippen molar-refractivity contribution in [3.63, 3.8) is 0 Å². The molecule has 0 aliphatic rings. The highest BCUT2D eigenvalue weighted by molar-refractivity contribution is 5.83. The van der Waals surface area contributed by atoms with Crippen molar-refractivity contribution in [2.45, 2.75) is 6.92 Å². The van der Waals surface area contributed by atoms with E-state index >= 15 is 0 Å². The number of carboxylic acid groups (broad SMARTS) is 1. The van der Waals surface area contributed by atoms with Crippen molar-refractivity contribution in [3.05, 3.63) is 35.9 Å². The molecule has 17 heavy (non-hydrogen) atoms. The molecule has 1 N–H and O–H groups in total. The monoisotopic (exact) mass is 233 g/mol. The van der Waals surface area contributed by atoms with Gasteiger partial charge >= 0.3 is 11.9 Å². The van der Waals surface area contributed by atoms with Crippen LogP contribution in [0.5, 0.6) is 5.75 Å². The van der Waals surface area contributed by atoms with E-state index in [1.807, 2.05) is 12.1 Å². The van der Waals surface area contributed by atoms with Crippen molar-refractivity contribution in [1.82, 2.24) is 4.98 Å². The Morgan fingerprint density at radius 2 is 2.24 bits per heavy atom. The molecule has 0 bridgehead atoms. The first-order valence-corrected chi connectivity index (χ1v) is 4.97. The molecule has 1 aromatic carbocycles. The van der Waals surface area contributed by atoms with Crippen LogP contribution in [0.25, 0.3) is 11.3 Å². The maximum atomic E-state index is 10.7. The average molecular weight is 233 g/mol. The predicted octanol–water partition coefficient (Wildman–Crippen LogP) is 2.36. The Labute approximate surface area is 97.7 Å². The van der Waals surface area contributed by atoms with Gasteiger partial charge in [-0.2, -0.15) is 0 Å². The molecule has 88 valence electrons. The standard InChI is InChI=1S/C12H11NO4/c1-7-10(13-11(17-7)12(14)15)8-4-3-5-9(6-8)16-2/h3-6H,1-2H3,(H,14,15). The van der Waals surface area contributed by atoms with Crippen LogP contribution in [-0.4, -0.2) is 23.2 Å². The summed E-state index contributed by atoms with van der Waals surface area (Å²) in [5, 5.41) is 8.79. The molecule has 0 aliphatic heterocycles. The van der Waals surface area contributed by atoms with Crippen molar-refractivity contribution >= 4 is 5.97 Å². The van der Waals surface area contributed by atoms with Crippen molar-refractivity contribution in [1.29, 1.82) is 0 Å². The fourth-order valence-electron chi connectivity index (χ4n) is 1.53. The lowest BCUT2D eigenvalue weighted by molar-refractivity contribution is 0.0652. The second-order valence-electron chi connectivity index (χ2n) is 3.46. The Kier molecular flexibility index (Phi) is 2.82. The average Bonchev–Trinajstić information content (AvgIpc) is 2.72. The first-order chi connectivity index (χ1) is 8.11. The lowest BCUT2D eigenvalue weighted by Crippen LogP contribution is -1.95. The predicted molar refractivity (Wildman–Crippen MR) is 60.2 cm³/mol. The van der Waals surface area contributed by atoms with Gasteiger partial charge in [-0.25, -0.2) is 9.78 Å². The molecule has 5 heteroatoms. The Morgan fingerprint density at radius 3 is 2.82 bits per heavy atom. The van der Waals surface area contributed by atoms with Gasteiger partial charge < -0.3 is 14.3 Å². The third kappa shape index (κ3) is 2.13. The van der Waals surface area contributed by atoms with Crippen LogP contribution in [-0.2, 0) is 0 Å². The summed E-state index contributed by atoms with van der Waals surface area (Å²) in [7, 11) is 1.57. The first kappa shape index (κ1) is 11.2. The minimum atomic E-state index is -1.18. The van der Waals surface area contributed by atoms with E-state index in [2.05, 4.69) is 4.98 Å². The van der Waals surface area contributed by atoms with Gasteiger partial charge in [0.05, 0.1) is 7.11 Å². The van der Waals surface area contributed by atoms with Gasteiger partial charge in [0, 0.05) is 5.56 Å². The fraction of sp³-hybridized carbons (Fsp3) is 0.167. The zero-order valence-electron chi connectivity index (χ0n) is 9.43. The van der Waals surface area contributed by atoms with Gasteiger partial charge in [0.2, 0.25) is 0 Å². The molecule has 1 heterocycles. The van der Waals surface area contributed by atoms with Crippen molar-refractivity contribution in [2.24, 2.45) is 0 Å². The maximum absolute atomic E-state index is 10.7. The topological polar surface area (TPSA) is 72.6 Å². The maximum Gasteiger partial charge on any atom is 0.392 e. The molecule has 1 aromatic heterocycles. The van der Waals surface area contributed by atoms with E-state index in [-0.39, 0.29) is 5.89 Å². The Hall–Kier alpha value is -2.30. The summed E-state index contributed by atoms with van der Waals surface area (Å²) < 4.78 is 10.1. The largest absolute Gasteiger partial charge is 0.497 e. The number of benzene rings is 1. The van der Waals surface area contributed by atoms with Crippen LogP contribution in [0.3, 0.4) is 0 Å². The van der Waals surface area contributed by atoms with Gasteiger partial charge in [0.1, 0.15) is 17.2 Å². The Bertz CT molecular complexity index is 559. The van der Waals surface area contributed by atoms with Crippen LogP contribution in [0, 0.1) is 6.92 Å². The third-order valence-corrected chi connectivity index (χ3v) is 2.32. The van der Waals surface area contributed by atoms with Crippen LogP contribution in [0.1, 0.15) is 16.4 Å². The van der Waals surface area contributed by atoms with E-state index in [1.165, 1.54) is 0 Å². The van der Waals surface area contributed by atoms with Gasteiger partial charge in [-0.15, -0.1) is 0 Å². The molecule has 0 spiro atoms. The highest BCUT2D eigenvalue weighted by atomic mass is 16.5. The molecule has 0 unspecified atom stereocenters. The molecule has 0 fully saturated rings. The van der Waals surface area contributed by atoms with E-state index < -0.39 is 5.97 Å². The number of oxazole rings is 1. The zero-order chi connectivity index (χ0) is 12.4. The molecule has 2 aromatic rings. The van der Waals surface area contributed by atoms with Gasteiger partial charge in [-0.3, -0.25) is 0 Å². The Balaban J connectivity index is 2.48. The minimum absolute atomic E-state index is 0.305. The number of ether oxygens (including phenoxy) is 1. The van der Waals surface area contributed by atoms with Crippen molar-refractivity contribution in [2.75, 3.05) is 7.11 Å². The highest BCUT2D eigenvalue weighted by Crippen LogP contribution is 2.26. The second kappa shape index (κ2) is 4.29. The molecule has 0 atom stereocenters. The SMILES string of the molecule is COc1cccc(-c2nc(C(=O)O)oc2C)c1. The third-order valence-electron chi connectivity index (χ3n) is 2.32. The van der Waals surface area contributed by atoms with Crippen molar-refractivity contribution < 1.29 is 19.1 Å². The summed E-state index contributed by atoms with van der Waals surface area (Å²) in [6.07, 6.45) is 0. The Morgan fingerprint density at radius 1 is 1.47 bits per heavy atom. The number of aromatic nitrogens is 1.